The summed E-state index contributed by atoms with van der Waals surface area (Å²) in [6.45, 7) is 7.07. The Kier molecular flexibility index (Phi) is 3.14. The van der Waals surface area contributed by atoms with E-state index in [4.69, 9.17) is 10.5 Å². The van der Waals surface area contributed by atoms with Crippen LogP contribution in [0.15, 0.2) is 12.1 Å². The number of aryl methyl sites for hydroxylation is 1. The topological polar surface area (TPSA) is 50.5 Å². The molecular formula is C14H21N3O. The first kappa shape index (κ1) is 11.8. The van der Waals surface area contributed by atoms with Gasteiger partial charge in [-0.15, -0.1) is 0 Å². The van der Waals surface area contributed by atoms with Crippen LogP contribution in [-0.2, 0) is 6.42 Å². The van der Waals surface area contributed by atoms with E-state index >= 15 is 0 Å². The highest BCUT2D eigenvalue weighted by molar-refractivity contribution is 5.60. The van der Waals surface area contributed by atoms with Gasteiger partial charge in [0.15, 0.2) is 0 Å². The number of ether oxygens (including phenoxy) is 1. The molecule has 0 amide bonds. The van der Waals surface area contributed by atoms with Crippen molar-refractivity contribution >= 4 is 5.69 Å². The molecule has 0 aromatic heterocycles. The summed E-state index contributed by atoms with van der Waals surface area (Å²) >= 11 is 0. The molecule has 1 atom stereocenters. The first-order valence-electron chi connectivity index (χ1n) is 6.71. The summed E-state index contributed by atoms with van der Waals surface area (Å²) in [5.74, 6) is 1.02. The molecule has 4 heteroatoms. The van der Waals surface area contributed by atoms with Crippen LogP contribution < -0.4 is 20.7 Å². The highest BCUT2D eigenvalue weighted by Gasteiger charge is 2.20. The van der Waals surface area contributed by atoms with Crippen molar-refractivity contribution in [1.82, 2.24) is 5.32 Å². The van der Waals surface area contributed by atoms with Crippen molar-refractivity contribution in [2.45, 2.75) is 19.4 Å². The van der Waals surface area contributed by atoms with Crippen molar-refractivity contribution < 1.29 is 4.74 Å². The summed E-state index contributed by atoms with van der Waals surface area (Å²) in [5.41, 5.74) is 9.83. The normalized spacial score (nSPS) is 23.4. The molecule has 0 saturated carbocycles. The maximum absolute atomic E-state index is 5.94. The molecule has 1 fully saturated rings. The second kappa shape index (κ2) is 4.78. The van der Waals surface area contributed by atoms with Crippen LogP contribution in [-0.4, -0.2) is 38.8 Å². The number of nitrogens with zero attached hydrogens (tertiary/aromatic N) is 1. The molecule has 0 radical (unpaired) electrons. The number of anilines is 1. The highest BCUT2D eigenvalue weighted by atomic mass is 16.5. The predicted molar refractivity (Wildman–Crippen MR) is 73.4 cm³/mol. The SMILES string of the molecule is Cc1cc2c(cc1N1CCNCC1)OCC(N)C2. The van der Waals surface area contributed by atoms with Crippen LogP contribution in [0.1, 0.15) is 11.1 Å². The molecular weight excluding hydrogens is 226 g/mol. The third kappa shape index (κ3) is 2.18. The number of benzene rings is 1. The molecule has 0 bridgehead atoms. The van der Waals surface area contributed by atoms with Crippen molar-refractivity contribution in [2.75, 3.05) is 37.7 Å². The van der Waals surface area contributed by atoms with Gasteiger partial charge in [0, 0.05) is 44.0 Å². The van der Waals surface area contributed by atoms with Crippen molar-refractivity contribution in [3.63, 3.8) is 0 Å². The molecule has 98 valence electrons. The lowest BCUT2D eigenvalue weighted by molar-refractivity contribution is 0.263. The van der Waals surface area contributed by atoms with Gasteiger partial charge >= 0.3 is 0 Å². The fourth-order valence-corrected chi connectivity index (χ4v) is 2.82. The highest BCUT2D eigenvalue weighted by Crippen LogP contribution is 2.32. The molecule has 2 aliphatic heterocycles. The fourth-order valence-electron chi connectivity index (χ4n) is 2.82. The molecule has 0 aliphatic carbocycles. The molecule has 0 spiro atoms. The Morgan fingerprint density at radius 2 is 2.11 bits per heavy atom. The monoisotopic (exact) mass is 247 g/mol. The van der Waals surface area contributed by atoms with Gasteiger partial charge in [-0.3, -0.25) is 0 Å². The molecule has 1 aromatic carbocycles. The van der Waals surface area contributed by atoms with Gasteiger partial charge in [0.1, 0.15) is 12.4 Å². The minimum Gasteiger partial charge on any atom is -0.492 e. The summed E-state index contributed by atoms with van der Waals surface area (Å²) in [4.78, 5) is 2.43. The van der Waals surface area contributed by atoms with E-state index in [0.29, 0.717) is 6.61 Å². The molecule has 1 unspecified atom stereocenters. The molecule has 1 saturated heterocycles. The van der Waals surface area contributed by atoms with E-state index in [1.165, 1.54) is 16.8 Å². The molecule has 3 N–H and O–H groups in total. The average Bonchev–Trinajstić information content (AvgIpc) is 2.39. The summed E-state index contributed by atoms with van der Waals surface area (Å²) in [6.07, 6.45) is 0.929. The van der Waals surface area contributed by atoms with Crippen molar-refractivity contribution in [3.05, 3.63) is 23.3 Å². The maximum Gasteiger partial charge on any atom is 0.124 e. The number of rotatable bonds is 1. The van der Waals surface area contributed by atoms with Gasteiger partial charge in [0.2, 0.25) is 0 Å². The van der Waals surface area contributed by atoms with E-state index in [1.807, 2.05) is 0 Å². The number of nitrogens with one attached hydrogen (secondary N) is 1. The zero-order valence-corrected chi connectivity index (χ0v) is 10.9. The number of hydrogen-bond acceptors (Lipinski definition) is 4. The Bertz CT molecular complexity index is 441. The van der Waals surface area contributed by atoms with Gasteiger partial charge in [0.25, 0.3) is 0 Å². The maximum atomic E-state index is 5.94. The van der Waals surface area contributed by atoms with E-state index in [2.05, 4.69) is 29.3 Å². The van der Waals surface area contributed by atoms with Gasteiger partial charge < -0.3 is 20.7 Å². The Morgan fingerprint density at radius 3 is 2.89 bits per heavy atom. The lowest BCUT2D eigenvalue weighted by Gasteiger charge is -2.32. The van der Waals surface area contributed by atoms with Gasteiger partial charge in [-0.25, -0.2) is 0 Å². The molecule has 3 rings (SSSR count). The van der Waals surface area contributed by atoms with Gasteiger partial charge in [-0.05, 0) is 24.5 Å². The molecule has 1 aromatic rings. The largest absolute Gasteiger partial charge is 0.492 e. The predicted octanol–water partition coefficient (Wildman–Crippen LogP) is 0.667. The number of hydrogen-bond donors (Lipinski definition) is 2. The quantitative estimate of drug-likeness (QED) is 0.766. The van der Waals surface area contributed by atoms with Crippen molar-refractivity contribution in [2.24, 2.45) is 5.73 Å². The first-order valence-corrected chi connectivity index (χ1v) is 6.71. The third-order valence-corrected chi connectivity index (χ3v) is 3.77. The van der Waals surface area contributed by atoms with Gasteiger partial charge in [0.05, 0.1) is 0 Å². The second-order valence-electron chi connectivity index (χ2n) is 5.26. The zero-order valence-electron chi connectivity index (χ0n) is 10.9. The summed E-state index contributed by atoms with van der Waals surface area (Å²) in [7, 11) is 0. The van der Waals surface area contributed by atoms with Crippen LogP contribution in [0.4, 0.5) is 5.69 Å². The summed E-state index contributed by atoms with van der Waals surface area (Å²) in [6, 6.07) is 4.58. The standard InChI is InChI=1S/C14H21N3O/c1-10-6-11-7-12(15)9-18-14(11)8-13(10)17-4-2-16-3-5-17/h6,8,12,16H,2-5,7,9,15H2,1H3. The number of nitrogens with two attached hydrogens (primary N) is 1. The van der Waals surface area contributed by atoms with E-state index in [1.54, 1.807) is 0 Å². The van der Waals surface area contributed by atoms with Crippen molar-refractivity contribution in [3.8, 4) is 5.75 Å². The second-order valence-corrected chi connectivity index (χ2v) is 5.26. The fraction of sp³-hybridized carbons (Fsp3) is 0.571. The van der Waals surface area contributed by atoms with E-state index in [0.717, 1.165) is 38.3 Å². The minimum atomic E-state index is 0.141. The average molecular weight is 247 g/mol. The Balaban J connectivity index is 1.91. The molecule has 4 nitrogen and oxygen atoms in total. The van der Waals surface area contributed by atoms with E-state index in [-0.39, 0.29) is 6.04 Å². The van der Waals surface area contributed by atoms with Crippen molar-refractivity contribution in [1.29, 1.82) is 0 Å². The zero-order chi connectivity index (χ0) is 12.5. The van der Waals surface area contributed by atoms with E-state index in [9.17, 15) is 0 Å². The summed E-state index contributed by atoms with van der Waals surface area (Å²) in [5, 5.41) is 3.38. The molecule has 2 aliphatic rings. The molecule has 2 heterocycles. The smallest absolute Gasteiger partial charge is 0.124 e. The van der Waals surface area contributed by atoms with Gasteiger partial charge in [-0.1, -0.05) is 6.07 Å². The molecule has 18 heavy (non-hydrogen) atoms. The lowest BCUT2D eigenvalue weighted by atomic mass is 9.99. The van der Waals surface area contributed by atoms with Crippen LogP contribution in [0.3, 0.4) is 0 Å². The van der Waals surface area contributed by atoms with E-state index < -0.39 is 0 Å². The third-order valence-electron chi connectivity index (χ3n) is 3.77. The summed E-state index contributed by atoms with van der Waals surface area (Å²) < 4.78 is 5.75. The Morgan fingerprint density at radius 1 is 1.33 bits per heavy atom. The minimum absolute atomic E-state index is 0.141. The van der Waals surface area contributed by atoms with Crippen LogP contribution in [0.25, 0.3) is 0 Å². The van der Waals surface area contributed by atoms with Crippen LogP contribution in [0.5, 0.6) is 5.75 Å². The van der Waals surface area contributed by atoms with Crippen LogP contribution in [0.2, 0.25) is 0 Å². The number of piperazine rings is 1. The number of fused-ring (bicyclic) bond motifs is 1. The van der Waals surface area contributed by atoms with Gasteiger partial charge in [-0.2, -0.15) is 0 Å². The van der Waals surface area contributed by atoms with Crippen LogP contribution >= 0.6 is 0 Å². The lowest BCUT2D eigenvalue weighted by Crippen LogP contribution is -2.44. The first-order chi connectivity index (χ1) is 8.74. The Labute approximate surface area is 108 Å². The van der Waals surface area contributed by atoms with Crippen LogP contribution in [0, 0.1) is 6.92 Å². The Hall–Kier alpha value is -1.26.